The van der Waals surface area contributed by atoms with E-state index >= 15 is 0 Å². The minimum atomic E-state index is 0.572. The Hall–Kier alpha value is -3.00. The zero-order valence-electron chi connectivity index (χ0n) is 18.3. The molecular weight excluding hydrogens is 380 g/mol. The predicted molar refractivity (Wildman–Crippen MR) is 122 cm³/mol. The number of likely N-dealkylation sites (N-methyl/N-ethyl adjacent to an activating group) is 1. The van der Waals surface area contributed by atoms with E-state index in [1.54, 1.807) is 14.2 Å². The third-order valence-corrected chi connectivity index (χ3v) is 5.07. The molecule has 0 bridgehead atoms. The average molecular weight is 413 g/mol. The second-order valence-electron chi connectivity index (χ2n) is 7.13. The molecule has 1 aromatic heterocycles. The minimum absolute atomic E-state index is 0.572. The number of anilines is 2. The normalized spacial score (nSPS) is 15.1. The number of nitrogens with one attached hydrogen (secondary N) is 2. The highest BCUT2D eigenvalue weighted by atomic mass is 16.5. The van der Waals surface area contributed by atoms with Gasteiger partial charge in [-0.15, -0.1) is 0 Å². The molecule has 0 atom stereocenters. The highest BCUT2D eigenvalue weighted by Crippen LogP contribution is 2.30. The first-order valence-electron chi connectivity index (χ1n) is 10.3. The van der Waals surface area contributed by atoms with Crippen molar-refractivity contribution in [2.45, 2.75) is 13.5 Å². The minimum Gasteiger partial charge on any atom is -0.493 e. The maximum absolute atomic E-state index is 5.66. The van der Waals surface area contributed by atoms with Crippen LogP contribution in [-0.2, 0) is 6.54 Å². The first-order chi connectivity index (χ1) is 14.6. The van der Waals surface area contributed by atoms with Crippen molar-refractivity contribution in [1.29, 1.82) is 0 Å². The Labute approximate surface area is 178 Å². The van der Waals surface area contributed by atoms with E-state index < -0.39 is 0 Å². The molecule has 8 nitrogen and oxygen atoms in total. The molecule has 3 rings (SSSR count). The maximum atomic E-state index is 5.66. The molecule has 0 spiro atoms. The second-order valence-corrected chi connectivity index (χ2v) is 7.13. The summed E-state index contributed by atoms with van der Waals surface area (Å²) < 4.78 is 11.0. The van der Waals surface area contributed by atoms with Crippen LogP contribution in [0.15, 0.2) is 41.5 Å². The Bertz CT molecular complexity index is 849. The Kier molecular flexibility index (Phi) is 7.73. The second kappa shape index (κ2) is 10.7. The van der Waals surface area contributed by atoms with Gasteiger partial charge in [0.1, 0.15) is 5.82 Å². The molecule has 2 heterocycles. The average Bonchev–Trinajstić information content (AvgIpc) is 2.78. The molecule has 162 valence electrons. The third-order valence-electron chi connectivity index (χ3n) is 5.07. The fourth-order valence-electron chi connectivity index (χ4n) is 3.39. The highest BCUT2D eigenvalue weighted by Gasteiger charge is 2.18. The van der Waals surface area contributed by atoms with Crippen LogP contribution in [0.3, 0.4) is 0 Å². The molecule has 2 aromatic rings. The number of methoxy groups -OCH3 is 1. The lowest BCUT2D eigenvalue weighted by Gasteiger charge is -2.34. The van der Waals surface area contributed by atoms with Crippen molar-refractivity contribution in [3.05, 3.63) is 42.1 Å². The van der Waals surface area contributed by atoms with Gasteiger partial charge in [0.25, 0.3) is 0 Å². The lowest BCUT2D eigenvalue weighted by Crippen LogP contribution is -2.45. The van der Waals surface area contributed by atoms with E-state index in [9.17, 15) is 0 Å². The first-order valence-corrected chi connectivity index (χ1v) is 10.3. The molecule has 0 unspecified atom stereocenters. The number of pyridine rings is 1. The van der Waals surface area contributed by atoms with Gasteiger partial charge in [0, 0.05) is 63.3 Å². The molecule has 1 aliphatic heterocycles. The van der Waals surface area contributed by atoms with Gasteiger partial charge in [-0.05, 0) is 32.2 Å². The molecule has 1 fully saturated rings. The van der Waals surface area contributed by atoms with Crippen LogP contribution in [0.1, 0.15) is 12.5 Å². The van der Waals surface area contributed by atoms with Crippen LogP contribution in [0.2, 0.25) is 0 Å². The molecule has 0 radical (unpaired) electrons. The zero-order chi connectivity index (χ0) is 21.3. The van der Waals surface area contributed by atoms with Crippen molar-refractivity contribution < 1.29 is 9.47 Å². The largest absolute Gasteiger partial charge is 0.493 e. The van der Waals surface area contributed by atoms with Crippen LogP contribution in [0, 0.1) is 0 Å². The van der Waals surface area contributed by atoms with Crippen molar-refractivity contribution in [1.82, 2.24) is 15.2 Å². The van der Waals surface area contributed by atoms with Gasteiger partial charge in [-0.2, -0.15) is 0 Å². The summed E-state index contributed by atoms with van der Waals surface area (Å²) in [4.78, 5) is 13.7. The lowest BCUT2D eigenvalue weighted by atomic mass is 10.2. The first kappa shape index (κ1) is 21.7. The number of aromatic nitrogens is 1. The van der Waals surface area contributed by atoms with E-state index in [1.807, 2.05) is 37.4 Å². The van der Waals surface area contributed by atoms with Gasteiger partial charge in [0.15, 0.2) is 17.5 Å². The topological polar surface area (TPSA) is 74.2 Å². The van der Waals surface area contributed by atoms with E-state index in [1.165, 1.54) is 0 Å². The summed E-state index contributed by atoms with van der Waals surface area (Å²) in [5.74, 6) is 3.12. The van der Waals surface area contributed by atoms with Gasteiger partial charge in [-0.3, -0.25) is 4.99 Å². The van der Waals surface area contributed by atoms with Gasteiger partial charge in [0.05, 0.1) is 13.7 Å². The number of guanidine groups is 1. The number of benzene rings is 1. The molecule has 0 saturated carbocycles. The number of rotatable bonds is 7. The van der Waals surface area contributed by atoms with E-state index in [4.69, 9.17) is 9.47 Å². The van der Waals surface area contributed by atoms with E-state index in [0.29, 0.717) is 30.6 Å². The van der Waals surface area contributed by atoms with Crippen LogP contribution in [0.4, 0.5) is 11.5 Å². The summed E-state index contributed by atoms with van der Waals surface area (Å²) in [6, 6.07) is 9.82. The lowest BCUT2D eigenvalue weighted by molar-refractivity contribution is 0.311. The summed E-state index contributed by atoms with van der Waals surface area (Å²) in [6.45, 7) is 7.22. The number of hydrogen-bond acceptors (Lipinski definition) is 6. The van der Waals surface area contributed by atoms with Crippen molar-refractivity contribution >= 4 is 17.5 Å². The SMILES string of the molecule is CCOc1cc(NC(=NC)NCc2cccnc2N2CCN(C)CC2)ccc1OC. The number of piperazine rings is 1. The smallest absolute Gasteiger partial charge is 0.195 e. The van der Waals surface area contributed by atoms with Crippen LogP contribution < -0.4 is 25.0 Å². The van der Waals surface area contributed by atoms with Gasteiger partial charge in [-0.25, -0.2) is 4.98 Å². The van der Waals surface area contributed by atoms with Gasteiger partial charge < -0.3 is 29.9 Å². The monoisotopic (exact) mass is 412 g/mol. The summed E-state index contributed by atoms with van der Waals surface area (Å²) in [6.07, 6.45) is 1.86. The van der Waals surface area contributed by atoms with Crippen LogP contribution >= 0.6 is 0 Å². The van der Waals surface area contributed by atoms with Gasteiger partial charge in [0.2, 0.25) is 0 Å². The summed E-state index contributed by atoms with van der Waals surface area (Å²) >= 11 is 0. The number of hydrogen-bond donors (Lipinski definition) is 2. The molecule has 2 N–H and O–H groups in total. The molecule has 1 aromatic carbocycles. The Morgan fingerprint density at radius 3 is 2.67 bits per heavy atom. The van der Waals surface area contributed by atoms with E-state index in [2.05, 4.69) is 43.5 Å². The van der Waals surface area contributed by atoms with Crippen molar-refractivity contribution in [3.8, 4) is 11.5 Å². The maximum Gasteiger partial charge on any atom is 0.195 e. The molecule has 1 aliphatic rings. The van der Waals surface area contributed by atoms with Crippen molar-refractivity contribution in [3.63, 3.8) is 0 Å². The van der Waals surface area contributed by atoms with E-state index in [0.717, 1.165) is 43.2 Å². The van der Waals surface area contributed by atoms with Gasteiger partial charge >= 0.3 is 0 Å². The van der Waals surface area contributed by atoms with Gasteiger partial charge in [-0.1, -0.05) is 6.07 Å². The zero-order valence-corrected chi connectivity index (χ0v) is 18.3. The van der Waals surface area contributed by atoms with Crippen LogP contribution in [0.5, 0.6) is 11.5 Å². The van der Waals surface area contributed by atoms with Crippen LogP contribution in [0.25, 0.3) is 0 Å². The molecule has 0 amide bonds. The predicted octanol–water partition coefficient (Wildman–Crippen LogP) is 2.43. The summed E-state index contributed by atoms with van der Waals surface area (Å²) in [5, 5.41) is 6.71. The quantitative estimate of drug-likeness (QED) is 0.534. The highest BCUT2D eigenvalue weighted by molar-refractivity contribution is 5.93. The number of ether oxygens (including phenoxy) is 2. The Balaban J connectivity index is 1.66. The fraction of sp³-hybridized carbons (Fsp3) is 0.455. The fourth-order valence-corrected chi connectivity index (χ4v) is 3.39. The van der Waals surface area contributed by atoms with Crippen molar-refractivity contribution in [2.75, 3.05) is 64.2 Å². The number of aliphatic imine (C=N–C) groups is 1. The third kappa shape index (κ3) is 5.54. The molecular formula is C22H32N6O2. The van der Waals surface area contributed by atoms with Crippen LogP contribution in [-0.4, -0.2) is 69.8 Å². The Morgan fingerprint density at radius 1 is 1.17 bits per heavy atom. The van der Waals surface area contributed by atoms with Crippen molar-refractivity contribution in [2.24, 2.45) is 4.99 Å². The Morgan fingerprint density at radius 2 is 1.97 bits per heavy atom. The van der Waals surface area contributed by atoms with E-state index in [-0.39, 0.29) is 0 Å². The number of nitrogens with zero attached hydrogens (tertiary/aromatic N) is 4. The molecule has 8 heteroatoms. The standard InChI is InChI=1S/C22H32N6O2/c1-5-30-20-15-18(8-9-19(20)29-4)26-22(23-2)25-16-17-7-6-10-24-21(17)28-13-11-27(3)12-14-28/h6-10,15H,5,11-14,16H2,1-4H3,(H2,23,25,26). The molecule has 1 saturated heterocycles. The summed E-state index contributed by atoms with van der Waals surface area (Å²) in [5.41, 5.74) is 2.02. The summed E-state index contributed by atoms with van der Waals surface area (Å²) in [7, 11) is 5.55. The molecule has 0 aliphatic carbocycles. The molecule has 30 heavy (non-hydrogen) atoms.